The van der Waals surface area contributed by atoms with Crippen molar-refractivity contribution < 1.29 is 14.7 Å². The van der Waals surface area contributed by atoms with E-state index in [2.05, 4.69) is 19.2 Å². The van der Waals surface area contributed by atoms with Gasteiger partial charge in [0.1, 0.15) is 5.92 Å². The maximum atomic E-state index is 11.8. The van der Waals surface area contributed by atoms with Crippen molar-refractivity contribution in [1.82, 2.24) is 0 Å². The summed E-state index contributed by atoms with van der Waals surface area (Å²) in [6.07, 6.45) is 1.90. The zero-order valence-corrected chi connectivity index (χ0v) is 11.6. The van der Waals surface area contributed by atoms with E-state index in [0.717, 1.165) is 18.4 Å². The second kappa shape index (κ2) is 6.92. The summed E-state index contributed by atoms with van der Waals surface area (Å²) >= 11 is 0. The van der Waals surface area contributed by atoms with Crippen LogP contribution in [0.4, 0.5) is 5.69 Å². The monoisotopic (exact) mass is 263 g/mol. The number of aliphatic carboxylic acids is 1. The molecule has 1 unspecified atom stereocenters. The predicted octanol–water partition coefficient (Wildman–Crippen LogP) is 2.93. The van der Waals surface area contributed by atoms with E-state index in [-0.39, 0.29) is 0 Å². The highest BCUT2D eigenvalue weighted by atomic mass is 16.4. The highest BCUT2D eigenvalue weighted by molar-refractivity contribution is 6.04. The van der Waals surface area contributed by atoms with E-state index < -0.39 is 17.8 Å². The first-order valence-corrected chi connectivity index (χ1v) is 6.53. The van der Waals surface area contributed by atoms with Gasteiger partial charge >= 0.3 is 5.97 Å². The molecule has 0 aliphatic rings. The number of aryl methyl sites for hydroxylation is 1. The average Bonchev–Trinajstić information content (AvgIpc) is 2.36. The summed E-state index contributed by atoms with van der Waals surface area (Å²) in [6.45, 7) is 5.68. The van der Waals surface area contributed by atoms with Crippen LogP contribution in [0.15, 0.2) is 24.3 Å². The Hall–Kier alpha value is -1.84. The Balaban J connectivity index is 2.77. The van der Waals surface area contributed by atoms with Gasteiger partial charge in [0.05, 0.1) is 0 Å². The lowest BCUT2D eigenvalue weighted by atomic mass is 10.0. The minimum absolute atomic E-state index is 0.482. The van der Waals surface area contributed by atoms with Crippen molar-refractivity contribution >= 4 is 17.6 Å². The van der Waals surface area contributed by atoms with E-state index in [9.17, 15) is 9.59 Å². The van der Waals surface area contributed by atoms with E-state index in [1.54, 1.807) is 0 Å². The van der Waals surface area contributed by atoms with E-state index in [1.165, 1.54) is 6.92 Å². The van der Waals surface area contributed by atoms with Crippen molar-refractivity contribution in [3.63, 3.8) is 0 Å². The third-order valence-corrected chi connectivity index (χ3v) is 3.03. The maximum absolute atomic E-state index is 11.8. The molecule has 0 saturated heterocycles. The van der Waals surface area contributed by atoms with Gasteiger partial charge in [0.2, 0.25) is 5.91 Å². The molecule has 1 amide bonds. The molecular weight excluding hydrogens is 242 g/mol. The number of carbonyl (C=O) groups is 2. The maximum Gasteiger partial charge on any atom is 0.315 e. The summed E-state index contributed by atoms with van der Waals surface area (Å²) in [5, 5.41) is 11.5. The zero-order valence-electron chi connectivity index (χ0n) is 11.6. The third-order valence-electron chi connectivity index (χ3n) is 3.03. The van der Waals surface area contributed by atoms with Crippen LogP contribution in [0.5, 0.6) is 0 Å². The molecule has 0 bridgehead atoms. The van der Waals surface area contributed by atoms with Crippen LogP contribution in [0.1, 0.15) is 32.8 Å². The zero-order chi connectivity index (χ0) is 14.4. The summed E-state index contributed by atoms with van der Waals surface area (Å²) in [6, 6.07) is 7.53. The molecule has 1 atom stereocenters. The topological polar surface area (TPSA) is 66.4 Å². The molecule has 19 heavy (non-hydrogen) atoms. The van der Waals surface area contributed by atoms with Gasteiger partial charge in [0.15, 0.2) is 0 Å². The van der Waals surface area contributed by atoms with Crippen molar-refractivity contribution in [3.8, 4) is 0 Å². The molecule has 2 N–H and O–H groups in total. The summed E-state index contributed by atoms with van der Waals surface area (Å²) < 4.78 is 0. The van der Waals surface area contributed by atoms with Crippen molar-refractivity contribution in [3.05, 3.63) is 29.8 Å². The Kier molecular flexibility index (Phi) is 5.55. The van der Waals surface area contributed by atoms with Crippen LogP contribution < -0.4 is 5.32 Å². The van der Waals surface area contributed by atoms with Crippen molar-refractivity contribution in [1.29, 1.82) is 0 Å². The molecule has 0 aliphatic carbocycles. The van der Waals surface area contributed by atoms with E-state index in [0.29, 0.717) is 11.6 Å². The lowest BCUT2D eigenvalue weighted by molar-refractivity contribution is -0.144. The number of amides is 1. The number of hydrogen-bond donors (Lipinski definition) is 2. The number of hydrogen-bond acceptors (Lipinski definition) is 2. The van der Waals surface area contributed by atoms with Gasteiger partial charge in [-0.2, -0.15) is 0 Å². The molecule has 0 heterocycles. The number of anilines is 1. The molecule has 0 aliphatic heterocycles. The van der Waals surface area contributed by atoms with E-state index in [4.69, 9.17) is 5.11 Å². The summed E-state index contributed by atoms with van der Waals surface area (Å²) in [5.41, 5.74) is 1.75. The molecule has 0 fully saturated rings. The van der Waals surface area contributed by atoms with Crippen molar-refractivity contribution in [2.75, 3.05) is 5.32 Å². The molecule has 4 heteroatoms. The Morgan fingerprint density at radius 1 is 1.21 bits per heavy atom. The van der Waals surface area contributed by atoms with Crippen LogP contribution in [0.2, 0.25) is 0 Å². The fourth-order valence-corrected chi connectivity index (χ4v) is 1.66. The van der Waals surface area contributed by atoms with Gasteiger partial charge in [-0.15, -0.1) is 0 Å². The fraction of sp³-hybridized carbons (Fsp3) is 0.467. The lowest BCUT2D eigenvalue weighted by Gasteiger charge is -2.13. The standard InChI is InChI=1S/C15H21NO3/c1-10(2)8-9-12-6-4-5-7-13(12)16-14(17)11(3)15(18)19/h4-7,10-11H,8-9H2,1-3H3,(H,16,17)(H,18,19). The molecule has 1 rings (SSSR count). The van der Waals surface area contributed by atoms with E-state index >= 15 is 0 Å². The molecule has 0 spiro atoms. The average molecular weight is 263 g/mol. The number of benzene rings is 1. The van der Waals surface area contributed by atoms with Crippen LogP contribution in [0.25, 0.3) is 0 Å². The number of rotatable bonds is 6. The highest BCUT2D eigenvalue weighted by Crippen LogP contribution is 2.19. The number of carbonyl (C=O) groups excluding carboxylic acids is 1. The van der Waals surface area contributed by atoms with Crippen molar-refractivity contribution in [2.24, 2.45) is 11.8 Å². The SMILES string of the molecule is CC(C)CCc1ccccc1NC(=O)C(C)C(=O)O. The molecule has 0 aromatic heterocycles. The van der Waals surface area contributed by atoms with Gasteiger partial charge in [0.25, 0.3) is 0 Å². The fourth-order valence-electron chi connectivity index (χ4n) is 1.66. The molecular formula is C15H21NO3. The van der Waals surface area contributed by atoms with Crippen LogP contribution in [0, 0.1) is 11.8 Å². The first-order valence-electron chi connectivity index (χ1n) is 6.53. The van der Waals surface area contributed by atoms with Gasteiger partial charge < -0.3 is 10.4 Å². The van der Waals surface area contributed by atoms with E-state index in [1.807, 2.05) is 24.3 Å². The number of carboxylic acid groups (broad SMARTS) is 1. The van der Waals surface area contributed by atoms with Crippen LogP contribution in [0.3, 0.4) is 0 Å². The van der Waals surface area contributed by atoms with Gasteiger partial charge in [-0.1, -0.05) is 32.0 Å². The van der Waals surface area contributed by atoms with Crippen LogP contribution >= 0.6 is 0 Å². The first kappa shape index (κ1) is 15.2. The molecule has 0 radical (unpaired) electrons. The molecule has 104 valence electrons. The summed E-state index contributed by atoms with van der Waals surface area (Å²) in [5.74, 6) is -2.05. The lowest BCUT2D eigenvalue weighted by Crippen LogP contribution is -2.27. The Labute approximate surface area is 113 Å². The summed E-state index contributed by atoms with van der Waals surface area (Å²) in [7, 11) is 0. The minimum atomic E-state index is -1.11. The van der Waals surface area contributed by atoms with Gasteiger partial charge in [-0.25, -0.2) is 0 Å². The smallest absolute Gasteiger partial charge is 0.315 e. The number of nitrogens with one attached hydrogen (secondary N) is 1. The third kappa shape index (κ3) is 4.73. The largest absolute Gasteiger partial charge is 0.481 e. The number of carboxylic acids is 1. The van der Waals surface area contributed by atoms with Crippen LogP contribution in [-0.4, -0.2) is 17.0 Å². The van der Waals surface area contributed by atoms with Gasteiger partial charge in [-0.05, 0) is 37.3 Å². The Morgan fingerprint density at radius 3 is 2.42 bits per heavy atom. The van der Waals surface area contributed by atoms with Crippen LogP contribution in [-0.2, 0) is 16.0 Å². The first-order chi connectivity index (χ1) is 8.91. The van der Waals surface area contributed by atoms with Gasteiger partial charge in [-0.3, -0.25) is 9.59 Å². The Bertz CT molecular complexity index is 454. The second-order valence-electron chi connectivity index (χ2n) is 5.14. The molecule has 1 aromatic carbocycles. The Morgan fingerprint density at radius 2 is 1.84 bits per heavy atom. The molecule has 0 saturated carbocycles. The van der Waals surface area contributed by atoms with Crippen molar-refractivity contribution in [2.45, 2.75) is 33.6 Å². The van der Waals surface area contributed by atoms with Gasteiger partial charge in [0, 0.05) is 5.69 Å². The minimum Gasteiger partial charge on any atom is -0.481 e. The molecule has 1 aromatic rings. The summed E-state index contributed by atoms with van der Waals surface area (Å²) in [4.78, 5) is 22.5. The normalized spacial score (nSPS) is 12.2. The second-order valence-corrected chi connectivity index (χ2v) is 5.14. The number of para-hydroxylation sites is 1. The quantitative estimate of drug-likeness (QED) is 0.775. The highest BCUT2D eigenvalue weighted by Gasteiger charge is 2.21. The predicted molar refractivity (Wildman–Crippen MR) is 75.0 cm³/mol. The molecule has 4 nitrogen and oxygen atoms in total.